The first-order valence-corrected chi connectivity index (χ1v) is 6.15. The summed E-state index contributed by atoms with van der Waals surface area (Å²) in [4.78, 5) is 1.57. The van der Waals surface area contributed by atoms with Gasteiger partial charge in [0.1, 0.15) is 6.04 Å². The maximum absolute atomic E-state index is 13.0. The number of aliphatic hydroxyl groups excluding tert-OH is 1. The van der Waals surface area contributed by atoms with Crippen molar-refractivity contribution in [1.29, 1.82) is 0 Å². The number of piperidine rings is 1. The maximum atomic E-state index is 13.0. The Hall–Kier alpha value is -0.330. The quantitative estimate of drug-likeness (QED) is 0.795. The van der Waals surface area contributed by atoms with Crippen molar-refractivity contribution in [3.63, 3.8) is 0 Å². The van der Waals surface area contributed by atoms with Crippen LogP contribution < -0.4 is 5.73 Å². The fourth-order valence-electron chi connectivity index (χ4n) is 3.33. The maximum Gasteiger partial charge on any atom is 0.404 e. The van der Waals surface area contributed by atoms with E-state index in [2.05, 4.69) is 0 Å². The third-order valence-corrected chi connectivity index (χ3v) is 3.94. The standard InChI is InChI=1S/C11H19F3N2O/c12-11(13,14)10(3-4-15)16-7-1-2-8(16)6-9(17)5-7/h7-10,17H,1-6,15H2. The number of rotatable bonds is 3. The van der Waals surface area contributed by atoms with Crippen molar-refractivity contribution in [2.75, 3.05) is 6.54 Å². The molecule has 0 aromatic rings. The van der Waals surface area contributed by atoms with Gasteiger partial charge in [-0.3, -0.25) is 4.90 Å². The summed E-state index contributed by atoms with van der Waals surface area (Å²) in [5.74, 6) is 0. The summed E-state index contributed by atoms with van der Waals surface area (Å²) in [6, 6.07) is -1.68. The van der Waals surface area contributed by atoms with E-state index >= 15 is 0 Å². The molecule has 6 heteroatoms. The number of nitrogens with two attached hydrogens (primary N) is 1. The van der Waals surface area contributed by atoms with E-state index < -0.39 is 18.3 Å². The van der Waals surface area contributed by atoms with Crippen LogP contribution in [0.2, 0.25) is 0 Å². The first-order chi connectivity index (χ1) is 7.93. The highest BCUT2D eigenvalue weighted by molar-refractivity contribution is 4.99. The van der Waals surface area contributed by atoms with Gasteiger partial charge in [0, 0.05) is 12.1 Å². The smallest absolute Gasteiger partial charge is 0.393 e. The van der Waals surface area contributed by atoms with E-state index in [9.17, 15) is 18.3 Å². The Morgan fingerprint density at radius 3 is 2.18 bits per heavy atom. The average Bonchev–Trinajstić information content (AvgIpc) is 2.44. The molecule has 2 heterocycles. The molecule has 0 saturated carbocycles. The molecule has 100 valence electrons. The molecule has 2 fully saturated rings. The molecular weight excluding hydrogens is 233 g/mol. The van der Waals surface area contributed by atoms with Crippen LogP contribution in [0.5, 0.6) is 0 Å². The molecule has 3 N–H and O–H groups in total. The summed E-state index contributed by atoms with van der Waals surface area (Å²) >= 11 is 0. The second-order valence-corrected chi connectivity index (χ2v) is 5.09. The predicted molar refractivity (Wildman–Crippen MR) is 57.4 cm³/mol. The third kappa shape index (κ3) is 2.58. The van der Waals surface area contributed by atoms with Crippen LogP contribution in [0.15, 0.2) is 0 Å². The van der Waals surface area contributed by atoms with Gasteiger partial charge in [0.2, 0.25) is 0 Å². The first-order valence-electron chi connectivity index (χ1n) is 6.15. The second kappa shape index (κ2) is 4.74. The number of hydrogen-bond acceptors (Lipinski definition) is 3. The van der Waals surface area contributed by atoms with E-state index in [4.69, 9.17) is 5.73 Å². The highest BCUT2D eigenvalue weighted by atomic mass is 19.4. The van der Waals surface area contributed by atoms with Gasteiger partial charge in [-0.25, -0.2) is 0 Å². The summed E-state index contributed by atoms with van der Waals surface area (Å²) in [6.07, 6.45) is -2.25. The van der Waals surface area contributed by atoms with E-state index in [1.54, 1.807) is 4.90 Å². The van der Waals surface area contributed by atoms with Crippen LogP contribution in [0.4, 0.5) is 13.2 Å². The predicted octanol–water partition coefficient (Wildman–Crippen LogP) is 1.25. The molecular formula is C11H19F3N2O. The molecule has 0 aliphatic carbocycles. The molecule has 0 spiro atoms. The minimum Gasteiger partial charge on any atom is -0.393 e. The Morgan fingerprint density at radius 1 is 1.24 bits per heavy atom. The monoisotopic (exact) mass is 252 g/mol. The Bertz CT molecular complexity index is 258. The van der Waals surface area contributed by atoms with Crippen molar-refractivity contribution in [3.05, 3.63) is 0 Å². The lowest BCUT2D eigenvalue weighted by molar-refractivity contribution is -0.199. The van der Waals surface area contributed by atoms with E-state index in [1.807, 2.05) is 0 Å². The number of aliphatic hydroxyl groups is 1. The van der Waals surface area contributed by atoms with Crippen LogP contribution in [-0.4, -0.2) is 47.0 Å². The largest absolute Gasteiger partial charge is 0.404 e. The molecule has 3 atom stereocenters. The molecule has 3 unspecified atom stereocenters. The van der Waals surface area contributed by atoms with Gasteiger partial charge in [0.25, 0.3) is 0 Å². The van der Waals surface area contributed by atoms with Crippen LogP contribution in [0.3, 0.4) is 0 Å². The molecule has 2 bridgehead atoms. The van der Waals surface area contributed by atoms with Crippen molar-refractivity contribution in [2.45, 2.75) is 62.5 Å². The topological polar surface area (TPSA) is 49.5 Å². The van der Waals surface area contributed by atoms with E-state index in [0.717, 1.165) is 12.8 Å². The zero-order chi connectivity index (χ0) is 12.6. The number of halogens is 3. The van der Waals surface area contributed by atoms with Crippen LogP contribution in [0.1, 0.15) is 32.1 Å². The van der Waals surface area contributed by atoms with Gasteiger partial charge >= 0.3 is 6.18 Å². The highest BCUT2D eigenvalue weighted by Gasteiger charge is 2.51. The molecule has 2 aliphatic rings. The zero-order valence-corrected chi connectivity index (χ0v) is 9.66. The first kappa shape index (κ1) is 13.1. The van der Waals surface area contributed by atoms with E-state index in [-0.39, 0.29) is 25.0 Å². The third-order valence-electron chi connectivity index (χ3n) is 3.94. The number of nitrogens with zero attached hydrogens (tertiary/aromatic N) is 1. The number of alkyl halides is 3. The van der Waals surface area contributed by atoms with Gasteiger partial charge in [-0.1, -0.05) is 0 Å². The van der Waals surface area contributed by atoms with Crippen molar-refractivity contribution in [3.8, 4) is 0 Å². The SMILES string of the molecule is NCCC(N1C2CCC1CC(O)C2)C(F)(F)F. The zero-order valence-electron chi connectivity index (χ0n) is 9.66. The van der Waals surface area contributed by atoms with Crippen molar-refractivity contribution < 1.29 is 18.3 Å². The number of fused-ring (bicyclic) bond motifs is 2. The molecule has 0 aromatic carbocycles. The molecule has 0 amide bonds. The van der Waals surface area contributed by atoms with E-state index in [0.29, 0.717) is 12.8 Å². The lowest BCUT2D eigenvalue weighted by Gasteiger charge is -2.42. The van der Waals surface area contributed by atoms with Crippen molar-refractivity contribution >= 4 is 0 Å². The second-order valence-electron chi connectivity index (χ2n) is 5.09. The minimum atomic E-state index is -4.22. The Kier molecular flexibility index (Phi) is 3.66. The Morgan fingerprint density at radius 2 is 1.76 bits per heavy atom. The summed E-state index contributed by atoms with van der Waals surface area (Å²) in [5, 5.41) is 9.59. The average molecular weight is 252 g/mol. The van der Waals surface area contributed by atoms with Crippen LogP contribution >= 0.6 is 0 Å². The van der Waals surface area contributed by atoms with Crippen LogP contribution in [0, 0.1) is 0 Å². The van der Waals surface area contributed by atoms with Gasteiger partial charge in [0.15, 0.2) is 0 Å². The van der Waals surface area contributed by atoms with Gasteiger partial charge in [-0.15, -0.1) is 0 Å². The van der Waals surface area contributed by atoms with Gasteiger partial charge in [-0.05, 0) is 38.6 Å². The Balaban J connectivity index is 2.14. The van der Waals surface area contributed by atoms with Crippen molar-refractivity contribution in [1.82, 2.24) is 4.90 Å². The summed E-state index contributed by atoms with van der Waals surface area (Å²) < 4.78 is 39.0. The van der Waals surface area contributed by atoms with Crippen molar-refractivity contribution in [2.24, 2.45) is 5.73 Å². The molecule has 2 saturated heterocycles. The molecule has 2 rings (SSSR count). The van der Waals surface area contributed by atoms with Crippen LogP contribution in [0.25, 0.3) is 0 Å². The minimum absolute atomic E-state index is 0.0443. The molecule has 3 nitrogen and oxygen atoms in total. The van der Waals surface area contributed by atoms with Gasteiger partial charge in [0.05, 0.1) is 6.10 Å². The fraction of sp³-hybridized carbons (Fsp3) is 1.00. The molecule has 0 radical (unpaired) electrons. The normalized spacial score (nSPS) is 36.2. The lowest BCUT2D eigenvalue weighted by Crippen LogP contribution is -2.55. The fourth-order valence-corrected chi connectivity index (χ4v) is 3.33. The molecule has 2 aliphatic heterocycles. The van der Waals surface area contributed by atoms with Gasteiger partial charge < -0.3 is 10.8 Å². The summed E-state index contributed by atoms with van der Waals surface area (Å²) in [5.41, 5.74) is 5.30. The summed E-state index contributed by atoms with van der Waals surface area (Å²) in [7, 11) is 0. The summed E-state index contributed by atoms with van der Waals surface area (Å²) in [6.45, 7) is 0.0443. The Labute approximate surface area is 98.8 Å². The molecule has 0 aromatic heterocycles. The van der Waals surface area contributed by atoms with Crippen LogP contribution in [-0.2, 0) is 0 Å². The highest BCUT2D eigenvalue weighted by Crippen LogP contribution is 2.41. The molecule has 17 heavy (non-hydrogen) atoms. The van der Waals surface area contributed by atoms with Gasteiger partial charge in [-0.2, -0.15) is 13.2 Å². The number of hydrogen-bond donors (Lipinski definition) is 2. The lowest BCUT2D eigenvalue weighted by atomic mass is 9.96. The van der Waals surface area contributed by atoms with E-state index in [1.165, 1.54) is 0 Å².